The number of nitrogens with one attached hydrogen (secondary N) is 1. The second kappa shape index (κ2) is 7.28. The second-order valence-corrected chi connectivity index (χ2v) is 7.90. The van der Waals surface area contributed by atoms with E-state index < -0.39 is 22.0 Å². The molecule has 0 bridgehead atoms. The highest BCUT2D eigenvalue weighted by molar-refractivity contribution is 9.10. The Morgan fingerprint density at radius 1 is 1.38 bits per heavy atom. The topological polar surface area (TPSA) is 83.5 Å². The molecule has 0 aliphatic heterocycles. The molecule has 1 aromatic carbocycles. The van der Waals surface area contributed by atoms with Crippen molar-refractivity contribution in [2.45, 2.75) is 31.2 Å². The zero-order valence-corrected chi connectivity index (χ0v) is 15.1. The number of hydrogen-bond acceptors (Lipinski definition) is 3. The quantitative estimate of drug-likeness (QED) is 0.739. The monoisotopic (exact) mass is 417 g/mol. The Bertz CT molecular complexity index is 628. The van der Waals surface area contributed by atoms with Crippen LogP contribution in [0.5, 0.6) is 0 Å². The fourth-order valence-electron chi connectivity index (χ4n) is 1.66. The second-order valence-electron chi connectivity index (χ2n) is 4.52. The van der Waals surface area contributed by atoms with Crippen LogP contribution in [0.2, 0.25) is 10.0 Å². The largest absolute Gasteiger partial charge is 0.480 e. The third kappa shape index (κ3) is 4.56. The van der Waals surface area contributed by atoms with Crippen LogP contribution < -0.4 is 4.72 Å². The highest BCUT2D eigenvalue weighted by Gasteiger charge is 2.31. The average molecular weight is 419 g/mol. The van der Waals surface area contributed by atoms with Crippen molar-refractivity contribution in [3.8, 4) is 0 Å². The van der Waals surface area contributed by atoms with Gasteiger partial charge in [0.25, 0.3) is 0 Å². The molecule has 1 rings (SSSR count). The lowest BCUT2D eigenvalue weighted by atomic mass is 10.0. The number of benzene rings is 1. The molecule has 0 aliphatic carbocycles. The van der Waals surface area contributed by atoms with Gasteiger partial charge in [-0.2, -0.15) is 4.72 Å². The van der Waals surface area contributed by atoms with Crippen molar-refractivity contribution in [2.24, 2.45) is 5.92 Å². The number of carboxylic acid groups (broad SMARTS) is 1. The smallest absolute Gasteiger partial charge is 0.322 e. The first-order valence-corrected chi connectivity index (χ1v) is 9.03. The summed E-state index contributed by atoms with van der Waals surface area (Å²) in [6, 6.07) is 1.50. The molecule has 2 N–H and O–H groups in total. The van der Waals surface area contributed by atoms with Crippen molar-refractivity contribution in [3.63, 3.8) is 0 Å². The fraction of sp³-hybridized carbons (Fsp3) is 0.417. The third-order valence-corrected chi connectivity index (χ3v) is 5.81. The molecule has 118 valence electrons. The van der Waals surface area contributed by atoms with E-state index in [2.05, 4.69) is 20.7 Å². The van der Waals surface area contributed by atoms with Gasteiger partial charge in [-0.1, -0.05) is 59.4 Å². The van der Waals surface area contributed by atoms with Gasteiger partial charge in [0.1, 0.15) is 10.9 Å². The van der Waals surface area contributed by atoms with Crippen molar-refractivity contribution in [3.05, 3.63) is 26.7 Å². The van der Waals surface area contributed by atoms with Crippen LogP contribution in [0.15, 0.2) is 21.5 Å². The summed E-state index contributed by atoms with van der Waals surface area (Å²) in [6.45, 7) is 3.42. The zero-order chi connectivity index (χ0) is 16.4. The summed E-state index contributed by atoms with van der Waals surface area (Å²) in [5.74, 6) is -1.64. The Kier molecular flexibility index (Phi) is 6.49. The Morgan fingerprint density at radius 2 is 1.86 bits per heavy atom. The van der Waals surface area contributed by atoms with Crippen LogP contribution in [-0.4, -0.2) is 25.5 Å². The van der Waals surface area contributed by atoms with Crippen molar-refractivity contribution in [2.75, 3.05) is 0 Å². The first-order valence-electron chi connectivity index (χ1n) is 5.99. The molecule has 0 aliphatic rings. The minimum Gasteiger partial charge on any atom is -0.480 e. The molecule has 2 atom stereocenters. The highest BCUT2D eigenvalue weighted by atomic mass is 79.9. The lowest BCUT2D eigenvalue weighted by molar-refractivity contribution is -0.140. The molecular weight excluding hydrogens is 405 g/mol. The summed E-state index contributed by atoms with van der Waals surface area (Å²) in [5, 5.41) is 8.99. The minimum atomic E-state index is -4.15. The van der Waals surface area contributed by atoms with E-state index in [9.17, 15) is 13.2 Å². The summed E-state index contributed by atoms with van der Waals surface area (Å²) in [7, 11) is -4.15. The van der Waals surface area contributed by atoms with Gasteiger partial charge in [0.15, 0.2) is 0 Å². The van der Waals surface area contributed by atoms with Crippen LogP contribution in [0.4, 0.5) is 0 Å². The van der Waals surface area contributed by atoms with Gasteiger partial charge in [0, 0.05) is 4.47 Å². The van der Waals surface area contributed by atoms with Gasteiger partial charge in [-0.25, -0.2) is 8.42 Å². The summed E-state index contributed by atoms with van der Waals surface area (Å²) < 4.78 is 27.4. The fourth-order valence-corrected chi connectivity index (χ4v) is 4.89. The van der Waals surface area contributed by atoms with Crippen LogP contribution in [0, 0.1) is 5.92 Å². The lowest BCUT2D eigenvalue weighted by Crippen LogP contribution is -2.45. The molecule has 1 aromatic rings. The van der Waals surface area contributed by atoms with Crippen molar-refractivity contribution in [1.82, 2.24) is 4.72 Å². The molecule has 5 nitrogen and oxygen atoms in total. The number of carbonyl (C=O) groups is 1. The van der Waals surface area contributed by atoms with E-state index in [4.69, 9.17) is 28.3 Å². The number of rotatable bonds is 6. The summed E-state index contributed by atoms with van der Waals surface area (Å²) in [5.41, 5.74) is 0. The molecule has 0 heterocycles. The van der Waals surface area contributed by atoms with E-state index >= 15 is 0 Å². The maximum atomic E-state index is 12.4. The Morgan fingerprint density at radius 3 is 2.24 bits per heavy atom. The average Bonchev–Trinajstić information content (AvgIpc) is 2.33. The van der Waals surface area contributed by atoms with Gasteiger partial charge in [0.2, 0.25) is 10.0 Å². The van der Waals surface area contributed by atoms with Crippen molar-refractivity contribution < 1.29 is 18.3 Å². The third-order valence-electron chi connectivity index (χ3n) is 2.99. The first-order chi connectivity index (χ1) is 9.60. The van der Waals surface area contributed by atoms with E-state index in [1.54, 1.807) is 13.8 Å². The molecule has 0 radical (unpaired) electrons. The molecule has 21 heavy (non-hydrogen) atoms. The predicted octanol–water partition coefficient (Wildman–Crippen LogP) is 3.53. The normalized spacial score (nSPS) is 14.7. The first kappa shape index (κ1) is 18.7. The SMILES string of the molecule is CCC(C)C(NS(=O)(=O)c1c(Cl)cc(Br)cc1Cl)C(=O)O. The van der Waals surface area contributed by atoms with Gasteiger partial charge in [-0.15, -0.1) is 0 Å². The number of carboxylic acids is 1. The number of sulfonamides is 1. The summed E-state index contributed by atoms with van der Waals surface area (Å²) in [6.07, 6.45) is 0.501. The highest BCUT2D eigenvalue weighted by Crippen LogP contribution is 2.33. The predicted molar refractivity (Wildman–Crippen MR) is 85.4 cm³/mol. The van der Waals surface area contributed by atoms with Crippen LogP contribution >= 0.6 is 39.1 Å². The van der Waals surface area contributed by atoms with Gasteiger partial charge in [-0.3, -0.25) is 4.79 Å². The molecule has 2 unspecified atom stereocenters. The Hall–Kier alpha value is -0.340. The molecule has 9 heteroatoms. The van der Waals surface area contributed by atoms with E-state index in [1.807, 2.05) is 0 Å². The number of halogens is 3. The number of hydrogen-bond donors (Lipinski definition) is 2. The maximum Gasteiger partial charge on any atom is 0.322 e. The van der Waals surface area contributed by atoms with E-state index in [-0.39, 0.29) is 20.9 Å². The van der Waals surface area contributed by atoms with Crippen LogP contribution in [0.1, 0.15) is 20.3 Å². The van der Waals surface area contributed by atoms with Crippen molar-refractivity contribution in [1.29, 1.82) is 0 Å². The molecule has 0 spiro atoms. The van der Waals surface area contributed by atoms with Gasteiger partial charge < -0.3 is 5.11 Å². The molecule has 0 fully saturated rings. The molecule has 0 saturated carbocycles. The summed E-state index contributed by atoms with van der Waals surface area (Å²) in [4.78, 5) is 10.9. The van der Waals surface area contributed by atoms with Gasteiger partial charge in [-0.05, 0) is 18.1 Å². The van der Waals surface area contributed by atoms with Gasteiger partial charge >= 0.3 is 5.97 Å². The standard InChI is InChI=1S/C12H14BrCl2NO4S/c1-3-6(2)10(12(17)18)16-21(19,20)11-8(14)4-7(13)5-9(11)15/h4-6,10,16H,3H2,1-2H3,(H,17,18). The van der Waals surface area contributed by atoms with E-state index in [1.165, 1.54) is 12.1 Å². The van der Waals surface area contributed by atoms with E-state index in [0.717, 1.165) is 0 Å². The lowest BCUT2D eigenvalue weighted by Gasteiger charge is -2.20. The summed E-state index contributed by atoms with van der Waals surface area (Å²) >= 11 is 15.0. The van der Waals surface area contributed by atoms with Crippen molar-refractivity contribution >= 4 is 55.1 Å². The maximum absolute atomic E-state index is 12.4. The number of aliphatic carboxylic acids is 1. The molecule has 0 amide bonds. The molecule has 0 saturated heterocycles. The molecular formula is C12H14BrCl2NO4S. The van der Waals surface area contributed by atoms with Crippen LogP contribution in [-0.2, 0) is 14.8 Å². The molecule has 0 aromatic heterocycles. The zero-order valence-electron chi connectivity index (χ0n) is 11.2. The van der Waals surface area contributed by atoms with E-state index in [0.29, 0.717) is 10.9 Å². The van der Waals surface area contributed by atoms with Crippen LogP contribution in [0.25, 0.3) is 0 Å². The van der Waals surface area contributed by atoms with Gasteiger partial charge in [0.05, 0.1) is 10.0 Å². The minimum absolute atomic E-state index is 0.0878. The van der Waals surface area contributed by atoms with Crippen LogP contribution in [0.3, 0.4) is 0 Å². The Balaban J connectivity index is 3.26. The Labute approximate surface area is 141 Å².